The van der Waals surface area contributed by atoms with E-state index in [9.17, 15) is 0 Å². The Balaban J connectivity index is 1.81. The van der Waals surface area contributed by atoms with Crippen molar-refractivity contribution in [3.63, 3.8) is 0 Å². The zero-order chi connectivity index (χ0) is 10.1. The molecule has 0 spiro atoms. The van der Waals surface area contributed by atoms with Gasteiger partial charge >= 0.3 is 0 Å². The zero-order valence-electron chi connectivity index (χ0n) is 9.00. The van der Waals surface area contributed by atoms with E-state index in [1.807, 2.05) is 0 Å². The second kappa shape index (κ2) is 3.89. The van der Waals surface area contributed by atoms with Gasteiger partial charge in [-0.2, -0.15) is 0 Å². The molecule has 2 rings (SSSR count). The number of rotatable bonds is 3. The van der Waals surface area contributed by atoms with Crippen molar-refractivity contribution in [1.29, 1.82) is 5.41 Å². The van der Waals surface area contributed by atoms with Crippen LogP contribution >= 0.6 is 0 Å². The van der Waals surface area contributed by atoms with Gasteiger partial charge in [-0.15, -0.1) is 0 Å². The van der Waals surface area contributed by atoms with Crippen LogP contribution in [0.3, 0.4) is 0 Å². The van der Waals surface area contributed by atoms with Crippen LogP contribution in [-0.4, -0.2) is 30.4 Å². The molecule has 14 heavy (non-hydrogen) atoms. The summed E-state index contributed by atoms with van der Waals surface area (Å²) < 4.78 is 0. The molecule has 0 aromatic heterocycles. The predicted octanol–water partition coefficient (Wildman–Crippen LogP) is 1.29. The van der Waals surface area contributed by atoms with Crippen molar-refractivity contribution in [2.24, 2.45) is 23.5 Å². The molecule has 0 aromatic carbocycles. The number of likely N-dealkylation sites (tertiary alicyclic amines) is 1. The molecule has 3 nitrogen and oxygen atoms in total. The van der Waals surface area contributed by atoms with Crippen molar-refractivity contribution in [3.8, 4) is 0 Å². The van der Waals surface area contributed by atoms with Crippen LogP contribution in [0.25, 0.3) is 0 Å². The zero-order valence-corrected chi connectivity index (χ0v) is 9.00. The lowest BCUT2D eigenvalue weighted by atomic mass is 10.0. The lowest BCUT2D eigenvalue weighted by molar-refractivity contribution is 0.293. The van der Waals surface area contributed by atoms with Crippen LogP contribution < -0.4 is 5.73 Å². The molecule has 3 N–H and O–H groups in total. The molecule has 3 unspecified atom stereocenters. The molecular formula is C11H21N3. The highest BCUT2D eigenvalue weighted by atomic mass is 15.2. The van der Waals surface area contributed by atoms with Gasteiger partial charge in [0.15, 0.2) is 0 Å². The molecule has 1 aliphatic carbocycles. The molecule has 80 valence electrons. The van der Waals surface area contributed by atoms with Gasteiger partial charge in [-0.1, -0.05) is 13.3 Å². The quantitative estimate of drug-likeness (QED) is 0.526. The summed E-state index contributed by atoms with van der Waals surface area (Å²) in [7, 11) is 0. The predicted molar refractivity (Wildman–Crippen MR) is 58.3 cm³/mol. The maximum Gasteiger partial charge on any atom is 0.0947 e. The molecule has 3 heteroatoms. The third kappa shape index (κ3) is 1.92. The summed E-state index contributed by atoms with van der Waals surface area (Å²) in [5, 5.41) is 7.37. The summed E-state index contributed by atoms with van der Waals surface area (Å²) in [6.07, 6.45) is 4.29. The van der Waals surface area contributed by atoms with E-state index < -0.39 is 0 Å². The summed E-state index contributed by atoms with van der Waals surface area (Å²) in [6, 6.07) is 0. The molecule has 0 radical (unpaired) electrons. The molecule has 0 amide bonds. The average molecular weight is 195 g/mol. The lowest BCUT2D eigenvalue weighted by Crippen LogP contribution is -2.33. The monoisotopic (exact) mass is 195 g/mol. The Morgan fingerprint density at radius 3 is 2.50 bits per heavy atom. The largest absolute Gasteiger partial charge is 0.387 e. The van der Waals surface area contributed by atoms with E-state index >= 15 is 0 Å². The van der Waals surface area contributed by atoms with Gasteiger partial charge in [-0.05, 0) is 24.7 Å². The van der Waals surface area contributed by atoms with Crippen LogP contribution in [-0.2, 0) is 0 Å². The average Bonchev–Trinajstić information content (AvgIpc) is 2.63. The van der Waals surface area contributed by atoms with Crippen molar-refractivity contribution in [3.05, 3.63) is 0 Å². The van der Waals surface area contributed by atoms with Gasteiger partial charge in [0.25, 0.3) is 0 Å². The number of hydrogen-bond donors (Lipinski definition) is 2. The Hall–Kier alpha value is -0.570. The standard InChI is InChI=1S/C11H21N3/c1-8(11(12)13)5-14-6-9-3-2-4-10(9)7-14/h8-10H,2-7H2,1H3,(H3,12,13). The van der Waals surface area contributed by atoms with Crippen molar-refractivity contribution >= 4 is 5.84 Å². The Morgan fingerprint density at radius 1 is 1.43 bits per heavy atom. The normalized spacial score (nSPS) is 34.4. The molecule has 1 saturated carbocycles. The van der Waals surface area contributed by atoms with E-state index in [0.29, 0.717) is 5.84 Å². The van der Waals surface area contributed by atoms with E-state index in [0.717, 1.165) is 18.4 Å². The number of hydrogen-bond acceptors (Lipinski definition) is 2. The summed E-state index contributed by atoms with van der Waals surface area (Å²) in [6.45, 7) is 5.54. The maximum absolute atomic E-state index is 7.37. The third-order valence-corrected chi connectivity index (χ3v) is 3.86. The van der Waals surface area contributed by atoms with Crippen LogP contribution in [0.2, 0.25) is 0 Å². The van der Waals surface area contributed by atoms with Crippen LogP contribution in [0.5, 0.6) is 0 Å². The third-order valence-electron chi connectivity index (χ3n) is 3.86. The van der Waals surface area contributed by atoms with Crippen LogP contribution in [0.4, 0.5) is 0 Å². The fraction of sp³-hybridized carbons (Fsp3) is 0.909. The number of nitrogens with zero attached hydrogens (tertiary/aromatic N) is 1. The molecule has 1 saturated heterocycles. The van der Waals surface area contributed by atoms with E-state index in [4.69, 9.17) is 11.1 Å². The van der Waals surface area contributed by atoms with Crippen LogP contribution in [0, 0.1) is 23.2 Å². The van der Waals surface area contributed by atoms with E-state index in [1.54, 1.807) is 0 Å². The SMILES string of the molecule is CC(CN1CC2CCCC2C1)C(=N)N. The Bertz CT molecular complexity index is 215. The van der Waals surface area contributed by atoms with Crippen molar-refractivity contribution < 1.29 is 0 Å². The highest BCUT2D eigenvalue weighted by molar-refractivity contribution is 5.79. The number of nitrogens with two attached hydrogens (primary N) is 1. The number of fused-ring (bicyclic) bond motifs is 1. The van der Waals surface area contributed by atoms with Gasteiger partial charge in [0.2, 0.25) is 0 Å². The van der Waals surface area contributed by atoms with Crippen molar-refractivity contribution in [1.82, 2.24) is 4.90 Å². The summed E-state index contributed by atoms with van der Waals surface area (Å²) in [5.74, 6) is 2.47. The molecule has 3 atom stereocenters. The summed E-state index contributed by atoms with van der Waals surface area (Å²) in [4.78, 5) is 2.50. The van der Waals surface area contributed by atoms with Gasteiger partial charge < -0.3 is 10.6 Å². The minimum Gasteiger partial charge on any atom is -0.387 e. The minimum absolute atomic E-state index is 0.230. The van der Waals surface area contributed by atoms with Gasteiger partial charge in [0.1, 0.15) is 0 Å². The lowest BCUT2D eigenvalue weighted by Gasteiger charge is -2.20. The molecule has 2 aliphatic rings. The molecule has 1 heterocycles. The minimum atomic E-state index is 0.230. The van der Waals surface area contributed by atoms with Crippen molar-refractivity contribution in [2.75, 3.05) is 19.6 Å². The molecule has 0 aromatic rings. The Labute approximate surface area is 86.2 Å². The highest BCUT2D eigenvalue weighted by Gasteiger charge is 2.36. The topological polar surface area (TPSA) is 53.1 Å². The number of nitrogens with one attached hydrogen (secondary N) is 1. The Morgan fingerprint density at radius 2 is 2.00 bits per heavy atom. The van der Waals surface area contributed by atoms with Gasteiger partial charge in [-0.25, -0.2) is 0 Å². The first-order valence-corrected chi connectivity index (χ1v) is 5.73. The first kappa shape index (κ1) is 9.97. The Kier molecular flexibility index (Phi) is 2.77. The first-order chi connectivity index (χ1) is 6.66. The van der Waals surface area contributed by atoms with E-state index in [1.165, 1.54) is 32.4 Å². The van der Waals surface area contributed by atoms with Crippen LogP contribution in [0.15, 0.2) is 0 Å². The smallest absolute Gasteiger partial charge is 0.0947 e. The maximum atomic E-state index is 7.37. The van der Waals surface area contributed by atoms with E-state index in [2.05, 4.69) is 11.8 Å². The van der Waals surface area contributed by atoms with Gasteiger partial charge in [0.05, 0.1) is 5.84 Å². The molecule has 2 fully saturated rings. The summed E-state index contributed by atoms with van der Waals surface area (Å²) >= 11 is 0. The highest BCUT2D eigenvalue weighted by Crippen LogP contribution is 2.37. The summed E-state index contributed by atoms with van der Waals surface area (Å²) in [5.41, 5.74) is 5.49. The fourth-order valence-electron chi connectivity index (χ4n) is 2.97. The molecular weight excluding hydrogens is 174 g/mol. The van der Waals surface area contributed by atoms with Gasteiger partial charge in [0, 0.05) is 25.6 Å². The second-order valence-corrected chi connectivity index (χ2v) is 5.03. The number of amidine groups is 1. The van der Waals surface area contributed by atoms with E-state index in [-0.39, 0.29) is 5.92 Å². The first-order valence-electron chi connectivity index (χ1n) is 5.73. The van der Waals surface area contributed by atoms with Gasteiger partial charge in [-0.3, -0.25) is 5.41 Å². The fourth-order valence-corrected chi connectivity index (χ4v) is 2.97. The molecule has 0 bridgehead atoms. The molecule has 1 aliphatic heterocycles. The second-order valence-electron chi connectivity index (χ2n) is 5.03. The van der Waals surface area contributed by atoms with Crippen molar-refractivity contribution in [2.45, 2.75) is 26.2 Å². The van der Waals surface area contributed by atoms with Crippen LogP contribution in [0.1, 0.15) is 26.2 Å².